The first-order valence-electron chi connectivity index (χ1n) is 18.3. The highest BCUT2D eigenvalue weighted by molar-refractivity contribution is 5.81. The van der Waals surface area contributed by atoms with Crippen LogP contribution in [0.3, 0.4) is 0 Å². The number of methoxy groups -OCH3 is 1. The zero-order valence-corrected chi connectivity index (χ0v) is 31.0. The number of aliphatic hydroxyl groups is 1. The molecule has 2 N–H and O–H groups in total. The molecule has 15 nitrogen and oxygen atoms in total. The van der Waals surface area contributed by atoms with Crippen molar-refractivity contribution >= 4 is 23.3 Å². The van der Waals surface area contributed by atoms with E-state index >= 15 is 0 Å². The molecule has 3 aromatic rings. The number of likely N-dealkylation sites (N-methyl/N-ethyl adjacent to an activating group) is 1. The average Bonchev–Trinajstić information content (AvgIpc) is 3.59. The number of hydrogen-bond donors (Lipinski definition) is 2. The molecule has 52 heavy (non-hydrogen) atoms. The van der Waals surface area contributed by atoms with Crippen molar-refractivity contribution in [1.82, 2.24) is 24.5 Å². The maximum absolute atomic E-state index is 11.1. The Bertz CT molecular complexity index is 1470. The summed E-state index contributed by atoms with van der Waals surface area (Å²) < 4.78 is 34.5. The fourth-order valence-corrected chi connectivity index (χ4v) is 5.74. The molecule has 0 radical (unpaired) electrons. The lowest BCUT2D eigenvalue weighted by molar-refractivity contribution is -0.134. The van der Waals surface area contributed by atoms with Gasteiger partial charge in [-0.05, 0) is 44.7 Å². The van der Waals surface area contributed by atoms with Crippen molar-refractivity contribution in [1.29, 1.82) is 0 Å². The van der Waals surface area contributed by atoms with Crippen molar-refractivity contribution in [3.63, 3.8) is 0 Å². The van der Waals surface area contributed by atoms with Gasteiger partial charge in [0.1, 0.15) is 18.2 Å². The summed E-state index contributed by atoms with van der Waals surface area (Å²) in [5.74, 6) is 1.97. The SMILES string of the molecule is CCc1cnn2c(NCc3ccc(OCCOCCOCCOCCOCCN(C)C/C=C/C(=O)OC)nc3)cc(N3CCCC[C@H]3CCO)nc12. The molecule has 3 aromatic heterocycles. The Kier molecular flexibility index (Phi) is 18.6. The molecule has 1 saturated heterocycles. The molecule has 4 rings (SSSR count). The monoisotopic (exact) mass is 727 g/mol. The van der Waals surface area contributed by atoms with Crippen molar-refractivity contribution in [3.8, 4) is 5.88 Å². The number of fused-ring (bicyclic) bond motifs is 1. The molecule has 288 valence electrons. The van der Waals surface area contributed by atoms with Crippen molar-refractivity contribution < 1.29 is 38.3 Å². The standard InChI is InChI=1S/C37H57N7O8/c1-4-31-29-40-44-33(26-34(41-37(31)44)43-14-6-5-8-32(43)12-16-45)38-27-30-10-11-35(39-28-30)52-25-24-51-23-22-50-21-20-49-19-18-48-17-15-42(2)13-7-9-36(46)47-3/h7,9-11,26,28-29,32,38,45H,4-6,8,12-25,27H2,1-3H3/b9-7+/t32-/m0/s1. The van der Waals surface area contributed by atoms with Crippen LogP contribution in [0.2, 0.25) is 0 Å². The third-order valence-corrected chi connectivity index (χ3v) is 8.65. The fraction of sp³-hybridized carbons (Fsp3) is 0.622. The Morgan fingerprint density at radius 2 is 1.75 bits per heavy atom. The number of esters is 1. The minimum Gasteiger partial charge on any atom is -0.475 e. The summed E-state index contributed by atoms with van der Waals surface area (Å²) in [6, 6.07) is 6.21. The van der Waals surface area contributed by atoms with E-state index in [1.165, 1.54) is 19.6 Å². The first-order chi connectivity index (χ1) is 25.5. The summed E-state index contributed by atoms with van der Waals surface area (Å²) in [4.78, 5) is 24.9. The van der Waals surface area contributed by atoms with Crippen LogP contribution in [0.25, 0.3) is 5.65 Å². The van der Waals surface area contributed by atoms with E-state index in [0.717, 1.165) is 67.2 Å². The Balaban J connectivity index is 1.05. The Morgan fingerprint density at radius 1 is 1.02 bits per heavy atom. The Morgan fingerprint density at radius 3 is 2.42 bits per heavy atom. The number of aromatic nitrogens is 4. The number of carbonyl (C=O) groups is 1. The predicted octanol–water partition coefficient (Wildman–Crippen LogP) is 3.15. The minimum absolute atomic E-state index is 0.175. The number of hydrogen-bond acceptors (Lipinski definition) is 14. The van der Waals surface area contributed by atoms with Crippen LogP contribution in [0, 0.1) is 0 Å². The van der Waals surface area contributed by atoms with Gasteiger partial charge in [0.2, 0.25) is 5.88 Å². The highest BCUT2D eigenvalue weighted by Crippen LogP contribution is 2.29. The summed E-state index contributed by atoms with van der Waals surface area (Å²) in [6.45, 7) is 9.50. The third-order valence-electron chi connectivity index (χ3n) is 8.65. The zero-order chi connectivity index (χ0) is 36.8. The number of nitrogens with one attached hydrogen (secondary N) is 1. The van der Waals surface area contributed by atoms with E-state index in [4.69, 9.17) is 28.7 Å². The largest absolute Gasteiger partial charge is 0.475 e. The van der Waals surface area contributed by atoms with E-state index in [-0.39, 0.29) is 18.6 Å². The number of piperidine rings is 1. The van der Waals surface area contributed by atoms with Crippen LogP contribution < -0.4 is 15.0 Å². The van der Waals surface area contributed by atoms with Crippen molar-refractivity contribution in [2.24, 2.45) is 0 Å². The lowest BCUT2D eigenvalue weighted by atomic mass is 9.99. The summed E-state index contributed by atoms with van der Waals surface area (Å²) in [6.07, 6.45) is 11.8. The van der Waals surface area contributed by atoms with Gasteiger partial charge in [0.15, 0.2) is 5.65 Å². The first-order valence-corrected chi connectivity index (χ1v) is 18.3. The molecule has 1 aliphatic heterocycles. The smallest absolute Gasteiger partial charge is 0.330 e. The molecule has 0 unspecified atom stereocenters. The molecular weight excluding hydrogens is 670 g/mol. The van der Waals surface area contributed by atoms with Gasteiger partial charge in [-0.2, -0.15) is 9.61 Å². The van der Waals surface area contributed by atoms with E-state index in [1.807, 2.05) is 34.8 Å². The van der Waals surface area contributed by atoms with Gasteiger partial charge in [-0.1, -0.05) is 19.1 Å². The number of aryl methyl sites for hydroxylation is 1. The van der Waals surface area contributed by atoms with Crippen LogP contribution in [0.5, 0.6) is 5.88 Å². The number of rotatable bonds is 26. The molecule has 4 heterocycles. The number of anilines is 2. The van der Waals surface area contributed by atoms with Crippen LogP contribution in [-0.2, 0) is 41.4 Å². The fourth-order valence-electron chi connectivity index (χ4n) is 5.74. The van der Waals surface area contributed by atoms with Gasteiger partial charge >= 0.3 is 5.97 Å². The zero-order valence-electron chi connectivity index (χ0n) is 31.0. The Labute approximate surface area is 307 Å². The number of aliphatic hydroxyl groups excluding tert-OH is 1. The lowest BCUT2D eigenvalue weighted by Gasteiger charge is -2.36. The average molecular weight is 728 g/mol. The molecule has 0 spiro atoms. The molecule has 0 aliphatic carbocycles. The number of carbonyl (C=O) groups excluding carboxylic acids is 1. The first kappa shape index (κ1) is 40.9. The summed E-state index contributed by atoms with van der Waals surface area (Å²) >= 11 is 0. The van der Waals surface area contributed by atoms with Crippen LogP contribution in [0.15, 0.2) is 42.7 Å². The second-order valence-corrected chi connectivity index (χ2v) is 12.5. The molecule has 0 aromatic carbocycles. The minimum atomic E-state index is -0.355. The summed E-state index contributed by atoms with van der Waals surface area (Å²) in [5, 5.41) is 17.8. The third kappa shape index (κ3) is 13.9. The van der Waals surface area contributed by atoms with E-state index in [0.29, 0.717) is 78.4 Å². The second-order valence-electron chi connectivity index (χ2n) is 12.5. The normalized spacial score (nSPS) is 14.9. The van der Waals surface area contributed by atoms with Gasteiger partial charge < -0.3 is 48.6 Å². The van der Waals surface area contributed by atoms with E-state index in [2.05, 4.69) is 38.0 Å². The van der Waals surface area contributed by atoms with Crippen LogP contribution in [0.1, 0.15) is 43.7 Å². The van der Waals surface area contributed by atoms with Crippen LogP contribution >= 0.6 is 0 Å². The number of ether oxygens (including phenoxy) is 6. The maximum atomic E-state index is 11.1. The van der Waals surface area contributed by atoms with Gasteiger partial charge in [0, 0.05) is 68.8 Å². The molecule has 1 aliphatic rings. The van der Waals surface area contributed by atoms with E-state index in [1.54, 1.807) is 12.3 Å². The van der Waals surface area contributed by atoms with Gasteiger partial charge in [-0.25, -0.2) is 14.8 Å². The van der Waals surface area contributed by atoms with E-state index < -0.39 is 0 Å². The summed E-state index contributed by atoms with van der Waals surface area (Å²) in [5.41, 5.74) is 2.97. The topological polar surface area (TPSA) is 154 Å². The molecule has 1 atom stereocenters. The second kappa shape index (κ2) is 23.7. The number of pyridine rings is 1. The van der Waals surface area contributed by atoms with Gasteiger partial charge in [0.25, 0.3) is 0 Å². The molecular formula is C37H57N7O8. The Hall–Kier alpha value is -3.86. The van der Waals surface area contributed by atoms with E-state index in [9.17, 15) is 9.90 Å². The molecule has 0 amide bonds. The molecule has 15 heteroatoms. The van der Waals surface area contributed by atoms with Gasteiger partial charge in [-0.15, -0.1) is 0 Å². The van der Waals surface area contributed by atoms with Crippen molar-refractivity contribution in [3.05, 3.63) is 53.9 Å². The number of nitrogens with zero attached hydrogens (tertiary/aromatic N) is 6. The quantitative estimate of drug-likeness (QED) is 0.0707. The molecule has 0 saturated carbocycles. The lowest BCUT2D eigenvalue weighted by Crippen LogP contribution is -2.40. The van der Waals surface area contributed by atoms with Gasteiger partial charge in [0.05, 0.1) is 66.2 Å². The molecule has 0 bridgehead atoms. The van der Waals surface area contributed by atoms with Crippen molar-refractivity contribution in [2.45, 2.75) is 51.6 Å². The van der Waals surface area contributed by atoms with Crippen LogP contribution in [-0.4, -0.2) is 141 Å². The maximum Gasteiger partial charge on any atom is 0.330 e. The summed E-state index contributed by atoms with van der Waals surface area (Å²) in [7, 11) is 3.31. The van der Waals surface area contributed by atoms with Crippen LogP contribution in [0.4, 0.5) is 11.6 Å². The highest BCUT2D eigenvalue weighted by Gasteiger charge is 2.25. The predicted molar refractivity (Wildman–Crippen MR) is 198 cm³/mol. The van der Waals surface area contributed by atoms with Crippen molar-refractivity contribution in [2.75, 3.05) is 110 Å². The van der Waals surface area contributed by atoms with Gasteiger partial charge in [-0.3, -0.25) is 0 Å². The highest BCUT2D eigenvalue weighted by atomic mass is 16.6. The molecule has 1 fully saturated rings.